The van der Waals surface area contributed by atoms with Crippen molar-refractivity contribution in [3.05, 3.63) is 35.9 Å². The summed E-state index contributed by atoms with van der Waals surface area (Å²) in [5.41, 5.74) is 1.12. The van der Waals surface area contributed by atoms with Crippen LogP contribution in [0.15, 0.2) is 30.3 Å². The molecule has 2 heteroatoms. The number of piperidine rings is 1. The quantitative estimate of drug-likeness (QED) is 0.756. The Morgan fingerprint density at radius 1 is 1.38 bits per heavy atom. The van der Waals surface area contributed by atoms with Crippen LogP contribution in [0.5, 0.6) is 0 Å². The van der Waals surface area contributed by atoms with Crippen LogP contribution in [-0.4, -0.2) is 18.0 Å². The molecule has 84 valence electrons. The van der Waals surface area contributed by atoms with Crippen LogP contribution in [-0.2, 0) is 0 Å². The standard InChI is InChI=1S/C14H18N2/c1-12-6-5-9-16(11-12)14(10-15)13-7-3-2-4-8-13/h2-4,7-8,12,14H,5-6,9,11H2,1H3. The highest BCUT2D eigenvalue weighted by Gasteiger charge is 2.24. The highest BCUT2D eigenvalue weighted by atomic mass is 15.2. The summed E-state index contributed by atoms with van der Waals surface area (Å²) in [6.45, 7) is 4.37. The van der Waals surface area contributed by atoms with Crippen LogP contribution in [0.2, 0.25) is 0 Å². The van der Waals surface area contributed by atoms with E-state index in [4.69, 9.17) is 0 Å². The molecule has 0 saturated carbocycles. The zero-order chi connectivity index (χ0) is 11.4. The van der Waals surface area contributed by atoms with Crippen LogP contribution in [0, 0.1) is 17.2 Å². The predicted molar refractivity (Wildman–Crippen MR) is 64.8 cm³/mol. The largest absolute Gasteiger partial charge is 0.284 e. The fourth-order valence-electron chi connectivity index (χ4n) is 2.46. The molecule has 1 fully saturated rings. The van der Waals surface area contributed by atoms with Crippen molar-refractivity contribution in [3.63, 3.8) is 0 Å². The number of likely N-dealkylation sites (tertiary alicyclic amines) is 1. The van der Waals surface area contributed by atoms with Crippen molar-refractivity contribution in [2.24, 2.45) is 5.92 Å². The topological polar surface area (TPSA) is 27.0 Å². The maximum absolute atomic E-state index is 9.33. The van der Waals surface area contributed by atoms with E-state index in [-0.39, 0.29) is 6.04 Å². The molecule has 0 N–H and O–H groups in total. The van der Waals surface area contributed by atoms with E-state index in [9.17, 15) is 5.26 Å². The van der Waals surface area contributed by atoms with Gasteiger partial charge < -0.3 is 0 Å². The van der Waals surface area contributed by atoms with Gasteiger partial charge in [-0.15, -0.1) is 0 Å². The number of rotatable bonds is 2. The average molecular weight is 214 g/mol. The second-order valence-corrected chi connectivity index (χ2v) is 4.68. The number of benzene rings is 1. The molecule has 2 atom stereocenters. The summed E-state index contributed by atoms with van der Waals surface area (Å²) in [7, 11) is 0. The third-order valence-corrected chi connectivity index (χ3v) is 3.29. The molecule has 0 aromatic heterocycles. The van der Waals surface area contributed by atoms with E-state index >= 15 is 0 Å². The van der Waals surface area contributed by atoms with Gasteiger partial charge in [-0.25, -0.2) is 0 Å². The van der Waals surface area contributed by atoms with Crippen LogP contribution in [0.1, 0.15) is 31.4 Å². The Morgan fingerprint density at radius 2 is 2.12 bits per heavy atom. The third-order valence-electron chi connectivity index (χ3n) is 3.29. The molecule has 0 radical (unpaired) electrons. The molecule has 0 bridgehead atoms. The zero-order valence-corrected chi connectivity index (χ0v) is 9.76. The molecule has 1 saturated heterocycles. The van der Waals surface area contributed by atoms with E-state index in [0.717, 1.165) is 18.7 Å². The van der Waals surface area contributed by atoms with Crippen molar-refractivity contribution < 1.29 is 0 Å². The summed E-state index contributed by atoms with van der Waals surface area (Å²) in [6, 6.07) is 12.5. The molecule has 2 nitrogen and oxygen atoms in total. The molecular weight excluding hydrogens is 196 g/mol. The first-order chi connectivity index (χ1) is 7.81. The Morgan fingerprint density at radius 3 is 2.75 bits per heavy atom. The molecule has 2 rings (SSSR count). The molecule has 2 unspecified atom stereocenters. The fourth-order valence-corrected chi connectivity index (χ4v) is 2.46. The lowest BCUT2D eigenvalue weighted by molar-refractivity contribution is 0.156. The molecule has 1 aliphatic rings. The van der Waals surface area contributed by atoms with E-state index in [2.05, 4.69) is 17.9 Å². The van der Waals surface area contributed by atoms with Gasteiger partial charge in [0.25, 0.3) is 0 Å². The van der Waals surface area contributed by atoms with Gasteiger partial charge in [0.05, 0.1) is 6.07 Å². The van der Waals surface area contributed by atoms with Gasteiger partial charge in [0.1, 0.15) is 6.04 Å². The lowest BCUT2D eigenvalue weighted by Crippen LogP contribution is -2.36. The Hall–Kier alpha value is -1.33. The Bertz CT molecular complexity index is 366. The molecule has 0 aliphatic carbocycles. The van der Waals surface area contributed by atoms with E-state index in [1.54, 1.807) is 0 Å². The van der Waals surface area contributed by atoms with Crippen LogP contribution >= 0.6 is 0 Å². The van der Waals surface area contributed by atoms with Crippen LogP contribution in [0.4, 0.5) is 0 Å². The minimum atomic E-state index is -0.0658. The maximum Gasteiger partial charge on any atom is 0.123 e. The van der Waals surface area contributed by atoms with Gasteiger partial charge in [0.15, 0.2) is 0 Å². The van der Waals surface area contributed by atoms with Crippen LogP contribution < -0.4 is 0 Å². The molecule has 1 heterocycles. The highest BCUT2D eigenvalue weighted by molar-refractivity contribution is 5.24. The van der Waals surface area contributed by atoms with Gasteiger partial charge in [-0.1, -0.05) is 37.3 Å². The summed E-state index contributed by atoms with van der Waals surface area (Å²) in [5, 5.41) is 9.33. The first-order valence-corrected chi connectivity index (χ1v) is 6.00. The average Bonchev–Trinajstić information content (AvgIpc) is 2.31. The van der Waals surface area contributed by atoms with Gasteiger partial charge >= 0.3 is 0 Å². The van der Waals surface area contributed by atoms with E-state index in [1.165, 1.54) is 12.8 Å². The summed E-state index contributed by atoms with van der Waals surface area (Å²) in [6.07, 6.45) is 2.51. The summed E-state index contributed by atoms with van der Waals surface area (Å²) in [4.78, 5) is 2.31. The highest BCUT2D eigenvalue weighted by Crippen LogP contribution is 2.25. The smallest absolute Gasteiger partial charge is 0.123 e. The van der Waals surface area contributed by atoms with E-state index in [1.807, 2.05) is 30.3 Å². The minimum Gasteiger partial charge on any atom is -0.284 e. The number of hydrogen-bond acceptors (Lipinski definition) is 2. The predicted octanol–water partition coefficient (Wildman–Crippen LogP) is 2.98. The summed E-state index contributed by atoms with van der Waals surface area (Å²) >= 11 is 0. The van der Waals surface area contributed by atoms with Gasteiger partial charge in [-0.05, 0) is 30.9 Å². The maximum atomic E-state index is 9.33. The first kappa shape index (κ1) is 11.2. The lowest BCUT2D eigenvalue weighted by atomic mass is 9.97. The normalized spacial score (nSPS) is 23.6. The molecule has 1 aromatic carbocycles. The Balaban J connectivity index is 2.14. The van der Waals surface area contributed by atoms with Crippen molar-refractivity contribution in [2.75, 3.05) is 13.1 Å². The molecule has 1 aliphatic heterocycles. The second kappa shape index (κ2) is 5.14. The Kier molecular flexibility index (Phi) is 3.58. The first-order valence-electron chi connectivity index (χ1n) is 6.00. The van der Waals surface area contributed by atoms with E-state index in [0.29, 0.717) is 5.92 Å². The van der Waals surface area contributed by atoms with Crippen molar-refractivity contribution in [1.82, 2.24) is 4.90 Å². The van der Waals surface area contributed by atoms with Crippen LogP contribution in [0.25, 0.3) is 0 Å². The summed E-state index contributed by atoms with van der Waals surface area (Å²) in [5.74, 6) is 0.716. The molecule has 0 spiro atoms. The van der Waals surface area contributed by atoms with Crippen molar-refractivity contribution in [2.45, 2.75) is 25.8 Å². The zero-order valence-electron chi connectivity index (χ0n) is 9.76. The van der Waals surface area contributed by atoms with Gasteiger partial charge in [-0.2, -0.15) is 5.26 Å². The molecule has 0 amide bonds. The second-order valence-electron chi connectivity index (χ2n) is 4.68. The number of hydrogen-bond donors (Lipinski definition) is 0. The number of nitriles is 1. The summed E-state index contributed by atoms with van der Waals surface area (Å²) < 4.78 is 0. The van der Waals surface area contributed by atoms with Gasteiger partial charge in [0, 0.05) is 6.54 Å². The third kappa shape index (κ3) is 2.43. The Labute approximate surface area is 97.5 Å². The van der Waals surface area contributed by atoms with Crippen LogP contribution in [0.3, 0.4) is 0 Å². The fraction of sp³-hybridized carbons (Fsp3) is 0.500. The van der Waals surface area contributed by atoms with E-state index < -0.39 is 0 Å². The van der Waals surface area contributed by atoms with Crippen molar-refractivity contribution in [1.29, 1.82) is 5.26 Å². The minimum absolute atomic E-state index is 0.0658. The SMILES string of the molecule is CC1CCCN(C(C#N)c2ccccc2)C1. The van der Waals surface area contributed by atoms with Crippen molar-refractivity contribution in [3.8, 4) is 6.07 Å². The van der Waals surface area contributed by atoms with Gasteiger partial charge in [0.2, 0.25) is 0 Å². The lowest BCUT2D eigenvalue weighted by Gasteiger charge is -2.34. The van der Waals surface area contributed by atoms with Gasteiger partial charge in [-0.3, -0.25) is 4.90 Å². The molecule has 1 aromatic rings. The number of nitrogens with zero attached hydrogens (tertiary/aromatic N) is 2. The molecule has 16 heavy (non-hydrogen) atoms. The molecular formula is C14H18N2. The van der Waals surface area contributed by atoms with Crippen molar-refractivity contribution >= 4 is 0 Å². The monoisotopic (exact) mass is 214 g/mol.